The van der Waals surface area contributed by atoms with Crippen LogP contribution in [0.25, 0.3) is 0 Å². The number of aromatic nitrogens is 1. The van der Waals surface area contributed by atoms with Gasteiger partial charge in [-0.1, -0.05) is 0 Å². The monoisotopic (exact) mass is 275 g/mol. The lowest BCUT2D eigenvalue weighted by molar-refractivity contribution is 0.217. The molecule has 0 spiro atoms. The minimum atomic E-state index is -3.78. The highest BCUT2D eigenvalue weighted by atomic mass is 32.2. The number of hydrogen-bond donors (Lipinski definition) is 3. The third-order valence-electron chi connectivity index (χ3n) is 2.32. The summed E-state index contributed by atoms with van der Waals surface area (Å²) in [5.41, 5.74) is 0. The van der Waals surface area contributed by atoms with E-state index >= 15 is 0 Å². The molecule has 0 aliphatic heterocycles. The molecule has 8 heteroatoms. The second-order valence-electron chi connectivity index (χ2n) is 3.45. The van der Waals surface area contributed by atoms with Gasteiger partial charge in [0.15, 0.2) is 0 Å². The van der Waals surface area contributed by atoms with Crippen LogP contribution >= 0.6 is 0 Å². The topological polar surface area (TPSA) is 103 Å². The van der Waals surface area contributed by atoms with Crippen molar-refractivity contribution >= 4 is 15.8 Å². The van der Waals surface area contributed by atoms with Crippen LogP contribution < -0.4 is 5.32 Å². The SMILES string of the molecule is CNc1ncccc1S(=O)(=O)N(CCO)CCO. The zero-order valence-corrected chi connectivity index (χ0v) is 10.9. The van der Waals surface area contributed by atoms with E-state index < -0.39 is 10.0 Å². The van der Waals surface area contributed by atoms with E-state index in [0.29, 0.717) is 0 Å². The van der Waals surface area contributed by atoms with Crippen molar-refractivity contribution < 1.29 is 18.6 Å². The quantitative estimate of drug-likeness (QED) is 0.596. The molecule has 0 unspecified atom stereocenters. The Kier molecular flexibility index (Phi) is 5.48. The molecule has 7 nitrogen and oxygen atoms in total. The Morgan fingerprint density at radius 2 is 1.94 bits per heavy atom. The van der Waals surface area contributed by atoms with E-state index in [4.69, 9.17) is 10.2 Å². The van der Waals surface area contributed by atoms with Crippen LogP contribution in [0, 0.1) is 0 Å². The Labute approximate surface area is 106 Å². The molecule has 0 amide bonds. The second-order valence-corrected chi connectivity index (χ2v) is 5.36. The van der Waals surface area contributed by atoms with E-state index in [2.05, 4.69) is 10.3 Å². The number of pyridine rings is 1. The molecule has 0 aliphatic carbocycles. The highest BCUT2D eigenvalue weighted by Gasteiger charge is 2.26. The molecular formula is C10H17N3O4S. The van der Waals surface area contributed by atoms with Crippen LogP contribution in [0.5, 0.6) is 0 Å². The Balaban J connectivity index is 3.17. The molecule has 0 saturated carbocycles. The first-order chi connectivity index (χ1) is 8.57. The maximum Gasteiger partial charge on any atom is 0.246 e. The van der Waals surface area contributed by atoms with Gasteiger partial charge >= 0.3 is 0 Å². The third kappa shape index (κ3) is 3.16. The zero-order chi connectivity index (χ0) is 13.6. The lowest BCUT2D eigenvalue weighted by Gasteiger charge is -2.21. The number of aliphatic hydroxyl groups is 2. The van der Waals surface area contributed by atoms with Crippen LogP contribution in [0.1, 0.15) is 0 Å². The molecule has 0 aromatic carbocycles. The summed E-state index contributed by atoms with van der Waals surface area (Å²) in [5.74, 6) is 0.235. The normalized spacial score (nSPS) is 11.8. The van der Waals surface area contributed by atoms with E-state index in [1.54, 1.807) is 7.05 Å². The van der Waals surface area contributed by atoms with E-state index in [9.17, 15) is 8.42 Å². The standard InChI is InChI=1S/C10H17N3O4S/c1-11-10-9(3-2-4-12-10)18(16,17)13(5-7-14)6-8-15/h2-4,14-15H,5-8H2,1H3,(H,11,12). The van der Waals surface area contributed by atoms with Crippen LogP contribution in [-0.4, -0.2) is 61.3 Å². The molecule has 0 fully saturated rings. The summed E-state index contributed by atoms with van der Waals surface area (Å²) in [5, 5.41) is 20.5. The van der Waals surface area contributed by atoms with Gasteiger partial charge in [-0.05, 0) is 12.1 Å². The number of hydrogen-bond acceptors (Lipinski definition) is 6. The summed E-state index contributed by atoms with van der Waals surface area (Å²) < 4.78 is 25.6. The van der Waals surface area contributed by atoms with Crippen molar-refractivity contribution in [1.82, 2.24) is 9.29 Å². The summed E-state index contributed by atoms with van der Waals surface area (Å²) >= 11 is 0. The van der Waals surface area contributed by atoms with Gasteiger partial charge in [0.2, 0.25) is 10.0 Å². The van der Waals surface area contributed by atoms with E-state index in [1.807, 2.05) is 0 Å². The van der Waals surface area contributed by atoms with E-state index in [0.717, 1.165) is 4.31 Å². The molecule has 18 heavy (non-hydrogen) atoms. The summed E-state index contributed by atoms with van der Waals surface area (Å²) in [6, 6.07) is 2.94. The maximum absolute atomic E-state index is 12.3. The molecule has 0 radical (unpaired) electrons. The van der Waals surface area contributed by atoms with Crippen molar-refractivity contribution in [2.45, 2.75) is 4.90 Å². The fourth-order valence-electron chi connectivity index (χ4n) is 1.50. The average Bonchev–Trinajstić information content (AvgIpc) is 2.38. The van der Waals surface area contributed by atoms with Crippen molar-refractivity contribution in [3.8, 4) is 0 Å². The minimum absolute atomic E-state index is 0.0226. The largest absolute Gasteiger partial charge is 0.395 e. The number of anilines is 1. The van der Waals surface area contributed by atoms with Crippen LogP contribution in [0.2, 0.25) is 0 Å². The first-order valence-electron chi connectivity index (χ1n) is 5.42. The van der Waals surface area contributed by atoms with Gasteiger partial charge in [-0.25, -0.2) is 13.4 Å². The number of nitrogens with one attached hydrogen (secondary N) is 1. The number of aliphatic hydroxyl groups excluding tert-OH is 2. The molecular weight excluding hydrogens is 258 g/mol. The van der Waals surface area contributed by atoms with Crippen LogP contribution in [0.4, 0.5) is 5.82 Å². The second kappa shape index (κ2) is 6.64. The Morgan fingerprint density at radius 3 is 2.44 bits per heavy atom. The van der Waals surface area contributed by atoms with Gasteiger partial charge in [-0.3, -0.25) is 0 Å². The zero-order valence-electron chi connectivity index (χ0n) is 10.1. The fourth-order valence-corrected chi connectivity index (χ4v) is 3.07. The van der Waals surface area contributed by atoms with Gasteiger partial charge in [0.05, 0.1) is 13.2 Å². The summed E-state index contributed by atoms with van der Waals surface area (Å²) in [6.45, 7) is -0.759. The summed E-state index contributed by atoms with van der Waals surface area (Å²) in [6.07, 6.45) is 1.48. The highest BCUT2D eigenvalue weighted by Crippen LogP contribution is 2.21. The van der Waals surface area contributed by atoms with Crippen molar-refractivity contribution in [3.63, 3.8) is 0 Å². The summed E-state index contributed by atoms with van der Waals surface area (Å²) in [4.78, 5) is 3.95. The maximum atomic E-state index is 12.3. The van der Waals surface area contributed by atoms with Crippen molar-refractivity contribution in [2.75, 3.05) is 38.7 Å². The average molecular weight is 275 g/mol. The Morgan fingerprint density at radius 1 is 1.33 bits per heavy atom. The predicted molar refractivity (Wildman–Crippen MR) is 66.7 cm³/mol. The number of sulfonamides is 1. The van der Waals surface area contributed by atoms with Crippen molar-refractivity contribution in [1.29, 1.82) is 0 Å². The third-order valence-corrected chi connectivity index (χ3v) is 4.25. The van der Waals surface area contributed by atoms with Gasteiger partial charge in [0.25, 0.3) is 0 Å². The van der Waals surface area contributed by atoms with Crippen molar-refractivity contribution in [3.05, 3.63) is 18.3 Å². The van der Waals surface area contributed by atoms with Crippen LogP contribution in [0.3, 0.4) is 0 Å². The minimum Gasteiger partial charge on any atom is -0.395 e. The molecule has 1 heterocycles. The van der Waals surface area contributed by atoms with E-state index in [-0.39, 0.29) is 37.0 Å². The molecule has 1 rings (SSSR count). The van der Waals surface area contributed by atoms with Gasteiger partial charge in [-0.15, -0.1) is 0 Å². The van der Waals surface area contributed by atoms with Gasteiger partial charge in [0.1, 0.15) is 10.7 Å². The predicted octanol–water partition coefficient (Wildman–Crippen LogP) is -0.901. The first-order valence-corrected chi connectivity index (χ1v) is 6.86. The lowest BCUT2D eigenvalue weighted by atomic mass is 10.5. The molecule has 1 aromatic rings. The Bertz CT molecular complexity index is 472. The fraction of sp³-hybridized carbons (Fsp3) is 0.500. The van der Waals surface area contributed by atoms with E-state index in [1.165, 1.54) is 18.3 Å². The molecule has 3 N–H and O–H groups in total. The molecule has 0 aliphatic rings. The van der Waals surface area contributed by atoms with Crippen LogP contribution in [0.15, 0.2) is 23.2 Å². The summed E-state index contributed by atoms with van der Waals surface area (Å²) in [7, 11) is -2.21. The Hall–Kier alpha value is -1.22. The molecule has 102 valence electrons. The molecule has 1 aromatic heterocycles. The number of nitrogens with zero attached hydrogens (tertiary/aromatic N) is 2. The smallest absolute Gasteiger partial charge is 0.246 e. The van der Waals surface area contributed by atoms with Gasteiger partial charge in [0, 0.05) is 26.3 Å². The molecule has 0 saturated heterocycles. The lowest BCUT2D eigenvalue weighted by Crippen LogP contribution is -2.36. The van der Waals surface area contributed by atoms with Crippen molar-refractivity contribution in [2.24, 2.45) is 0 Å². The van der Waals surface area contributed by atoms with Gasteiger partial charge in [-0.2, -0.15) is 4.31 Å². The number of rotatable bonds is 7. The highest BCUT2D eigenvalue weighted by molar-refractivity contribution is 7.89. The molecule has 0 atom stereocenters. The molecule has 0 bridgehead atoms. The first kappa shape index (κ1) is 14.8. The van der Waals surface area contributed by atoms with Crippen LogP contribution in [-0.2, 0) is 10.0 Å². The van der Waals surface area contributed by atoms with Gasteiger partial charge < -0.3 is 15.5 Å².